The summed E-state index contributed by atoms with van der Waals surface area (Å²) in [5.41, 5.74) is 3.38. The molecule has 3 rings (SSSR count). The van der Waals surface area contributed by atoms with E-state index in [-0.39, 0.29) is 12.0 Å². The van der Waals surface area contributed by atoms with Crippen LogP contribution in [0.3, 0.4) is 0 Å². The summed E-state index contributed by atoms with van der Waals surface area (Å²) in [5, 5.41) is 3.36. The molecular formula is C17H24N2O2. The molecule has 21 heavy (non-hydrogen) atoms. The number of carbonyl (C=O) groups excluding carboxylic acids is 1. The molecule has 4 heteroatoms. The molecule has 0 spiro atoms. The van der Waals surface area contributed by atoms with Gasteiger partial charge in [0, 0.05) is 31.8 Å². The first-order chi connectivity index (χ1) is 10.3. The minimum Gasteiger partial charge on any atom is -0.376 e. The fourth-order valence-electron chi connectivity index (χ4n) is 3.29. The summed E-state index contributed by atoms with van der Waals surface area (Å²) in [7, 11) is 0. The molecule has 1 saturated heterocycles. The van der Waals surface area contributed by atoms with Crippen molar-refractivity contribution in [3.8, 4) is 0 Å². The van der Waals surface area contributed by atoms with Crippen molar-refractivity contribution in [3.05, 3.63) is 34.9 Å². The lowest BCUT2D eigenvalue weighted by atomic mass is 9.94. The first kappa shape index (κ1) is 14.5. The van der Waals surface area contributed by atoms with Gasteiger partial charge in [0.1, 0.15) is 0 Å². The smallest absolute Gasteiger partial charge is 0.254 e. The standard InChI is InChI=1S/C17H24N2O2/c1-2-19(12-14-6-4-10-21-14)17(20)16-7-3-5-13-11-18-9-8-15(13)16/h3,5,7,14,18H,2,4,6,8-12H2,1H3. The average molecular weight is 288 g/mol. The van der Waals surface area contributed by atoms with Crippen LogP contribution in [-0.2, 0) is 17.7 Å². The predicted octanol–water partition coefficient (Wildman–Crippen LogP) is 1.97. The minimum absolute atomic E-state index is 0.159. The molecule has 0 bridgehead atoms. The molecule has 1 amide bonds. The lowest BCUT2D eigenvalue weighted by Gasteiger charge is -2.27. The van der Waals surface area contributed by atoms with E-state index >= 15 is 0 Å². The summed E-state index contributed by atoms with van der Waals surface area (Å²) >= 11 is 0. The molecule has 2 heterocycles. The summed E-state index contributed by atoms with van der Waals surface area (Å²) in [6.07, 6.45) is 3.34. The molecular weight excluding hydrogens is 264 g/mol. The van der Waals surface area contributed by atoms with Crippen LogP contribution in [0.25, 0.3) is 0 Å². The third-order valence-electron chi connectivity index (χ3n) is 4.49. The molecule has 1 aromatic carbocycles. The number of carbonyl (C=O) groups is 1. The van der Waals surface area contributed by atoms with Gasteiger partial charge in [-0.2, -0.15) is 0 Å². The largest absolute Gasteiger partial charge is 0.376 e. The maximum Gasteiger partial charge on any atom is 0.254 e. The summed E-state index contributed by atoms with van der Waals surface area (Å²) in [6.45, 7) is 6.16. The van der Waals surface area contributed by atoms with Gasteiger partial charge < -0.3 is 15.0 Å². The van der Waals surface area contributed by atoms with Gasteiger partial charge in [-0.15, -0.1) is 0 Å². The van der Waals surface area contributed by atoms with Gasteiger partial charge in [-0.1, -0.05) is 12.1 Å². The van der Waals surface area contributed by atoms with E-state index in [2.05, 4.69) is 11.4 Å². The fourth-order valence-corrected chi connectivity index (χ4v) is 3.29. The van der Waals surface area contributed by atoms with E-state index in [9.17, 15) is 4.79 Å². The third-order valence-corrected chi connectivity index (χ3v) is 4.49. The highest BCUT2D eigenvalue weighted by Crippen LogP contribution is 2.21. The number of likely N-dealkylation sites (N-methyl/N-ethyl adjacent to an activating group) is 1. The van der Waals surface area contributed by atoms with Gasteiger partial charge in [0.25, 0.3) is 5.91 Å². The van der Waals surface area contributed by atoms with Crippen molar-refractivity contribution in [1.29, 1.82) is 0 Å². The molecule has 4 nitrogen and oxygen atoms in total. The Morgan fingerprint density at radius 3 is 3.14 bits per heavy atom. The Kier molecular flexibility index (Phi) is 4.56. The molecule has 0 saturated carbocycles. The lowest BCUT2D eigenvalue weighted by molar-refractivity contribution is 0.0538. The van der Waals surface area contributed by atoms with Crippen molar-refractivity contribution in [2.45, 2.75) is 38.8 Å². The van der Waals surface area contributed by atoms with E-state index in [1.165, 1.54) is 11.1 Å². The van der Waals surface area contributed by atoms with E-state index in [1.807, 2.05) is 24.0 Å². The summed E-state index contributed by atoms with van der Waals surface area (Å²) < 4.78 is 5.68. The fraction of sp³-hybridized carbons (Fsp3) is 0.588. The number of fused-ring (bicyclic) bond motifs is 1. The van der Waals surface area contributed by atoms with E-state index in [0.717, 1.165) is 57.6 Å². The van der Waals surface area contributed by atoms with Gasteiger partial charge in [-0.05, 0) is 49.9 Å². The molecule has 1 aromatic rings. The first-order valence-electron chi connectivity index (χ1n) is 8.02. The van der Waals surface area contributed by atoms with Crippen molar-refractivity contribution in [1.82, 2.24) is 10.2 Å². The zero-order valence-electron chi connectivity index (χ0n) is 12.7. The van der Waals surface area contributed by atoms with Crippen LogP contribution in [0.1, 0.15) is 41.3 Å². The number of nitrogens with zero attached hydrogens (tertiary/aromatic N) is 1. The monoisotopic (exact) mass is 288 g/mol. The summed E-state index contributed by atoms with van der Waals surface area (Å²) in [6, 6.07) is 6.10. The number of rotatable bonds is 4. The van der Waals surface area contributed by atoms with Gasteiger partial charge in [0.05, 0.1) is 6.10 Å². The second-order valence-electron chi connectivity index (χ2n) is 5.85. The number of ether oxygens (including phenoxy) is 1. The summed E-state index contributed by atoms with van der Waals surface area (Å²) in [5.74, 6) is 0.159. The second-order valence-corrected chi connectivity index (χ2v) is 5.85. The van der Waals surface area contributed by atoms with E-state index in [1.54, 1.807) is 0 Å². The van der Waals surface area contributed by atoms with E-state index in [0.29, 0.717) is 0 Å². The maximum absolute atomic E-state index is 12.9. The quantitative estimate of drug-likeness (QED) is 0.921. The molecule has 1 unspecified atom stereocenters. The van der Waals surface area contributed by atoms with Crippen molar-refractivity contribution in [2.24, 2.45) is 0 Å². The zero-order valence-corrected chi connectivity index (χ0v) is 12.7. The number of hydrogen-bond acceptors (Lipinski definition) is 3. The maximum atomic E-state index is 12.9. The van der Waals surface area contributed by atoms with Crippen molar-refractivity contribution >= 4 is 5.91 Å². The van der Waals surface area contributed by atoms with Gasteiger partial charge in [0.15, 0.2) is 0 Å². The molecule has 1 N–H and O–H groups in total. The Morgan fingerprint density at radius 2 is 2.38 bits per heavy atom. The molecule has 0 aliphatic carbocycles. The van der Waals surface area contributed by atoms with Gasteiger partial charge in [-0.25, -0.2) is 0 Å². The van der Waals surface area contributed by atoms with Crippen molar-refractivity contribution < 1.29 is 9.53 Å². The summed E-state index contributed by atoms with van der Waals surface area (Å²) in [4.78, 5) is 14.8. The molecule has 0 radical (unpaired) electrons. The van der Waals surface area contributed by atoms with E-state index in [4.69, 9.17) is 4.74 Å². The normalized spacial score (nSPS) is 21.1. The van der Waals surface area contributed by atoms with Crippen LogP contribution in [-0.4, -0.2) is 43.2 Å². The highest BCUT2D eigenvalue weighted by atomic mass is 16.5. The SMILES string of the molecule is CCN(CC1CCCO1)C(=O)c1cccc2c1CCNC2. The van der Waals surface area contributed by atoms with Crippen molar-refractivity contribution in [3.63, 3.8) is 0 Å². The number of hydrogen-bond donors (Lipinski definition) is 1. The molecule has 1 atom stereocenters. The Bertz CT molecular complexity index is 510. The number of nitrogens with one attached hydrogen (secondary N) is 1. The van der Waals surface area contributed by atoms with Crippen LogP contribution in [0.15, 0.2) is 18.2 Å². The second kappa shape index (κ2) is 6.58. The highest BCUT2D eigenvalue weighted by molar-refractivity contribution is 5.96. The number of benzene rings is 1. The van der Waals surface area contributed by atoms with Crippen LogP contribution in [0.2, 0.25) is 0 Å². The first-order valence-corrected chi connectivity index (χ1v) is 8.02. The van der Waals surface area contributed by atoms with Crippen LogP contribution in [0.4, 0.5) is 0 Å². The highest BCUT2D eigenvalue weighted by Gasteiger charge is 2.25. The van der Waals surface area contributed by atoms with Gasteiger partial charge in [0.2, 0.25) is 0 Å². The Hall–Kier alpha value is -1.39. The van der Waals surface area contributed by atoms with E-state index < -0.39 is 0 Å². The Labute approximate surface area is 126 Å². The topological polar surface area (TPSA) is 41.6 Å². The van der Waals surface area contributed by atoms with Crippen LogP contribution < -0.4 is 5.32 Å². The Balaban J connectivity index is 1.79. The predicted molar refractivity (Wildman–Crippen MR) is 82.4 cm³/mol. The van der Waals surface area contributed by atoms with Gasteiger partial charge >= 0.3 is 0 Å². The minimum atomic E-state index is 0.159. The average Bonchev–Trinajstić information content (AvgIpc) is 3.04. The molecule has 1 fully saturated rings. The van der Waals surface area contributed by atoms with Crippen LogP contribution in [0.5, 0.6) is 0 Å². The van der Waals surface area contributed by atoms with Crippen LogP contribution >= 0.6 is 0 Å². The van der Waals surface area contributed by atoms with Gasteiger partial charge in [-0.3, -0.25) is 4.79 Å². The molecule has 0 aromatic heterocycles. The molecule has 2 aliphatic heterocycles. The third kappa shape index (κ3) is 3.11. The Morgan fingerprint density at radius 1 is 1.48 bits per heavy atom. The lowest BCUT2D eigenvalue weighted by Crippen LogP contribution is -2.38. The van der Waals surface area contributed by atoms with Crippen molar-refractivity contribution in [2.75, 3.05) is 26.2 Å². The van der Waals surface area contributed by atoms with Crippen LogP contribution in [0, 0.1) is 0 Å². The number of amides is 1. The zero-order chi connectivity index (χ0) is 14.7. The molecule has 114 valence electrons. The molecule has 2 aliphatic rings.